The molecule has 1 aliphatic heterocycles. The number of carbonyl (C=O) groups excluding carboxylic acids is 1. The summed E-state index contributed by atoms with van der Waals surface area (Å²) in [4.78, 5) is 38.2. The van der Waals surface area contributed by atoms with Crippen LogP contribution in [0.4, 0.5) is 5.95 Å². The normalized spacial score (nSPS) is 17.0. The number of methoxy groups -OCH3 is 2. The van der Waals surface area contributed by atoms with Crippen LogP contribution in [0, 0.1) is 11.3 Å². The molecule has 3 heterocycles. The zero-order chi connectivity index (χ0) is 44.5. The van der Waals surface area contributed by atoms with Crippen molar-refractivity contribution in [1.29, 1.82) is 5.26 Å². The minimum Gasteiger partial charge on any atom is -0.497 e. The second kappa shape index (κ2) is 20.5. The number of rotatable bonds is 19. The van der Waals surface area contributed by atoms with Gasteiger partial charge < -0.3 is 28.0 Å². The fourth-order valence-corrected chi connectivity index (χ4v) is 9.55. The lowest BCUT2D eigenvalue weighted by atomic mass is 9.80. The van der Waals surface area contributed by atoms with Gasteiger partial charge in [-0.15, -0.1) is 0 Å². The van der Waals surface area contributed by atoms with Gasteiger partial charge in [0, 0.05) is 24.1 Å². The Morgan fingerprint density at radius 2 is 1.51 bits per heavy atom. The van der Waals surface area contributed by atoms with Gasteiger partial charge in [0.15, 0.2) is 11.2 Å². The molecule has 1 saturated heterocycles. The Hall–Kier alpha value is -5.98. The summed E-state index contributed by atoms with van der Waals surface area (Å²) < 4.78 is 42.6. The van der Waals surface area contributed by atoms with Gasteiger partial charge in [-0.05, 0) is 80.8 Å². The number of imidazole rings is 1. The Balaban J connectivity index is 1.30. The van der Waals surface area contributed by atoms with Gasteiger partial charge in [-0.25, -0.2) is 9.65 Å². The number of ether oxygens (including phenoxy) is 4. The molecule has 4 atom stereocenters. The number of fused-ring (bicyclic) bond motifs is 1. The Labute approximate surface area is 367 Å². The Bertz CT molecular complexity index is 2470. The van der Waals surface area contributed by atoms with Crippen LogP contribution in [0.15, 0.2) is 120 Å². The number of anilines is 1. The van der Waals surface area contributed by atoms with Crippen molar-refractivity contribution >= 4 is 31.5 Å². The maximum absolute atomic E-state index is 13.4. The lowest BCUT2D eigenvalue weighted by Gasteiger charge is -2.39. The first-order valence-electron chi connectivity index (χ1n) is 20.8. The van der Waals surface area contributed by atoms with Crippen molar-refractivity contribution in [2.75, 3.05) is 32.8 Å². The number of carbonyl (C=O) groups is 1. The van der Waals surface area contributed by atoms with Gasteiger partial charge in [0.1, 0.15) is 29.4 Å². The molecule has 0 radical (unpaired) electrons. The molecule has 16 heteroatoms. The molecule has 7 rings (SSSR count). The second-order valence-electron chi connectivity index (χ2n) is 15.4. The van der Waals surface area contributed by atoms with Gasteiger partial charge in [0.2, 0.25) is 5.95 Å². The molecule has 4 aromatic carbocycles. The lowest BCUT2D eigenvalue weighted by Crippen LogP contribution is -2.39. The highest BCUT2D eigenvalue weighted by Gasteiger charge is 2.45. The molecule has 1 amide bonds. The molecule has 6 aromatic rings. The summed E-state index contributed by atoms with van der Waals surface area (Å²) in [7, 11) is 1.54. The van der Waals surface area contributed by atoms with Crippen molar-refractivity contribution in [1.82, 2.24) is 24.2 Å². The van der Waals surface area contributed by atoms with E-state index in [0.29, 0.717) is 17.1 Å². The Kier molecular flexibility index (Phi) is 14.6. The first-order chi connectivity index (χ1) is 30.6. The highest BCUT2D eigenvalue weighted by molar-refractivity contribution is 7.44. The first-order valence-corrected chi connectivity index (χ1v) is 21.9. The fraction of sp³-hybridized carbons (Fsp3) is 0.340. The number of nitrogens with zero attached hydrogens (tertiary/aromatic N) is 5. The summed E-state index contributed by atoms with van der Waals surface area (Å²) in [5, 5.41) is 12.1. The van der Waals surface area contributed by atoms with Crippen molar-refractivity contribution in [3.63, 3.8) is 0 Å². The molecule has 15 nitrogen and oxygen atoms in total. The molecule has 0 saturated carbocycles. The molecular formula is C47H52N7O8P. The van der Waals surface area contributed by atoms with E-state index in [0.717, 1.165) is 16.7 Å². The van der Waals surface area contributed by atoms with E-state index in [4.69, 9.17) is 28.0 Å². The van der Waals surface area contributed by atoms with E-state index in [2.05, 4.69) is 58.7 Å². The number of benzene rings is 4. The van der Waals surface area contributed by atoms with Crippen LogP contribution >= 0.6 is 8.53 Å². The Morgan fingerprint density at radius 1 is 0.921 bits per heavy atom. The van der Waals surface area contributed by atoms with Crippen molar-refractivity contribution < 1.29 is 32.8 Å². The number of H-pyrrole nitrogens is 1. The molecule has 1 aliphatic rings. The number of amides is 1. The van der Waals surface area contributed by atoms with Crippen molar-refractivity contribution in [3.05, 3.63) is 148 Å². The summed E-state index contributed by atoms with van der Waals surface area (Å²) in [5.41, 5.74) is 1.54. The highest BCUT2D eigenvalue weighted by atomic mass is 31.2. The van der Waals surface area contributed by atoms with E-state index in [1.54, 1.807) is 43.1 Å². The van der Waals surface area contributed by atoms with Crippen LogP contribution in [-0.2, 0) is 24.1 Å². The number of hydrogen-bond donors (Lipinski definition) is 2. The van der Waals surface area contributed by atoms with Gasteiger partial charge in [-0.2, -0.15) is 10.2 Å². The maximum Gasteiger partial charge on any atom is 0.280 e. The molecular weight excluding hydrogens is 822 g/mol. The molecule has 63 heavy (non-hydrogen) atoms. The zero-order valence-corrected chi connectivity index (χ0v) is 37.0. The maximum atomic E-state index is 13.4. The third-order valence-electron chi connectivity index (χ3n) is 10.7. The monoisotopic (exact) mass is 873 g/mol. The van der Waals surface area contributed by atoms with Crippen molar-refractivity contribution in [2.45, 2.75) is 76.7 Å². The smallest absolute Gasteiger partial charge is 0.280 e. The predicted octanol–water partition coefficient (Wildman–Crippen LogP) is 8.35. The predicted molar refractivity (Wildman–Crippen MR) is 239 cm³/mol. The summed E-state index contributed by atoms with van der Waals surface area (Å²) in [5.74, 6) is 0.906. The average molecular weight is 874 g/mol. The number of aromatic amines is 1. The van der Waals surface area contributed by atoms with Gasteiger partial charge in [0.05, 0.1) is 52.4 Å². The largest absolute Gasteiger partial charge is 0.497 e. The minimum absolute atomic E-state index is 0.0257. The lowest BCUT2D eigenvalue weighted by molar-refractivity contribution is -0.0912. The summed E-state index contributed by atoms with van der Waals surface area (Å²) in [6.07, 6.45) is -0.0952. The van der Waals surface area contributed by atoms with E-state index in [-0.39, 0.29) is 55.3 Å². The van der Waals surface area contributed by atoms with Gasteiger partial charge >= 0.3 is 0 Å². The quantitative estimate of drug-likeness (QED) is 0.0453. The second-order valence-corrected chi connectivity index (χ2v) is 16.8. The van der Waals surface area contributed by atoms with Gasteiger partial charge in [-0.1, -0.05) is 72.8 Å². The number of nitrogens with one attached hydrogen (secondary N) is 2. The van der Waals surface area contributed by atoms with Gasteiger partial charge in [0.25, 0.3) is 20.0 Å². The molecule has 1 unspecified atom stereocenters. The van der Waals surface area contributed by atoms with E-state index in [1.165, 1.54) is 6.33 Å². The summed E-state index contributed by atoms with van der Waals surface area (Å²) in [6.45, 7) is 8.51. The van der Waals surface area contributed by atoms with Crippen LogP contribution in [0.3, 0.4) is 0 Å². The minimum atomic E-state index is -1.71. The van der Waals surface area contributed by atoms with E-state index >= 15 is 0 Å². The van der Waals surface area contributed by atoms with Crippen LogP contribution in [0.1, 0.15) is 73.8 Å². The molecule has 2 aromatic heterocycles. The summed E-state index contributed by atoms with van der Waals surface area (Å²) >= 11 is 0. The van der Waals surface area contributed by atoms with Crippen LogP contribution in [0.2, 0.25) is 0 Å². The molecule has 0 spiro atoms. The molecule has 1 fully saturated rings. The van der Waals surface area contributed by atoms with Gasteiger partial charge in [-0.3, -0.25) is 24.5 Å². The third kappa shape index (κ3) is 9.97. The topological polar surface area (TPSA) is 175 Å². The third-order valence-corrected chi connectivity index (χ3v) is 12.9. The van der Waals surface area contributed by atoms with Crippen LogP contribution in [-0.4, -0.2) is 81.8 Å². The number of hydrogen-bond acceptors (Lipinski definition) is 12. The van der Waals surface area contributed by atoms with Crippen LogP contribution in [0.25, 0.3) is 11.2 Å². The Morgan fingerprint density at radius 3 is 2.08 bits per heavy atom. The van der Waals surface area contributed by atoms with E-state index < -0.39 is 44.0 Å². The highest BCUT2D eigenvalue weighted by Crippen LogP contribution is 2.51. The average Bonchev–Trinajstić information content (AvgIpc) is 3.91. The van der Waals surface area contributed by atoms with Crippen LogP contribution < -0.4 is 20.3 Å². The number of nitriles is 1. The van der Waals surface area contributed by atoms with Crippen molar-refractivity contribution in [2.24, 2.45) is 0 Å². The zero-order valence-electron chi connectivity index (χ0n) is 36.1. The molecule has 2 N–H and O–H groups in total. The molecule has 0 aliphatic carbocycles. The SMILES string of the molecule is COc1ccc(C(OC[C@H]2O[C@@H](n3cnc4c(=O)[nH]c(NC(=O)c5ccccc5)nc43)C[C@@H]2OP(OCCC#N)N(C(C)C)C(C)C)(c2ccccc2)c2ccc(OC)cc2)cc1. The fourth-order valence-electron chi connectivity index (χ4n) is 7.79. The van der Waals surface area contributed by atoms with Crippen LogP contribution in [0.5, 0.6) is 11.5 Å². The first kappa shape index (κ1) is 45.1. The van der Waals surface area contributed by atoms with E-state index in [1.807, 2.05) is 84.9 Å². The number of aromatic nitrogens is 4. The standard InChI is InChI=1S/C47H52N7O8P/c1-31(2)54(32(3)4)63(60-27-13-26-48)62-39-28-41(53-30-49-42-43(53)50-46(52-45(42)56)51-44(55)33-14-9-7-10-15-33)61-40(39)29-59-47(34-16-11-8-12-17-34,35-18-22-37(57-5)23-19-35)36-20-24-38(58-6)25-21-36/h7-12,14-25,30-32,39-41H,13,27-29H2,1-6H3,(H2,50,51,52,55,56)/t39-,40+,41+,63?/m0/s1. The van der Waals surface area contributed by atoms with E-state index in [9.17, 15) is 14.9 Å². The summed E-state index contributed by atoms with van der Waals surface area (Å²) in [6, 6.07) is 36.4. The molecule has 0 bridgehead atoms. The van der Waals surface area contributed by atoms with Crippen molar-refractivity contribution in [3.8, 4) is 17.6 Å². The molecule has 328 valence electrons.